The quantitative estimate of drug-likeness (QED) is 0.843. The van der Waals surface area contributed by atoms with Crippen LogP contribution >= 0.6 is 0 Å². The van der Waals surface area contributed by atoms with Crippen LogP contribution in [-0.4, -0.2) is 41.1 Å². The second kappa shape index (κ2) is 8.63. The number of aliphatic hydroxyl groups excluding tert-OH is 1. The number of benzene rings is 1. The molecule has 3 rings (SSSR count). The van der Waals surface area contributed by atoms with Crippen molar-refractivity contribution in [1.29, 1.82) is 0 Å². The summed E-state index contributed by atoms with van der Waals surface area (Å²) in [5, 5.41) is 13.1. The Hall–Kier alpha value is -1.39. The maximum atomic E-state index is 12.2. The summed E-state index contributed by atoms with van der Waals surface area (Å²) in [6.07, 6.45) is 7.42. The number of β-amino-alcohol motifs (C(OH)–C–C–N with tert-alkyl or cyclic N) is 1. The third-order valence-electron chi connectivity index (χ3n) is 5.47. The van der Waals surface area contributed by atoms with E-state index in [0.717, 1.165) is 13.0 Å². The number of carbonyl (C=O) groups excluding carboxylic acids is 1. The van der Waals surface area contributed by atoms with Crippen molar-refractivity contribution in [1.82, 2.24) is 10.2 Å². The van der Waals surface area contributed by atoms with Gasteiger partial charge in [0.05, 0.1) is 6.10 Å². The van der Waals surface area contributed by atoms with Crippen molar-refractivity contribution < 1.29 is 9.90 Å². The predicted octanol–water partition coefficient (Wildman–Crippen LogP) is 2.71. The van der Waals surface area contributed by atoms with E-state index in [1.807, 2.05) is 18.2 Å². The van der Waals surface area contributed by atoms with Gasteiger partial charge in [-0.3, -0.25) is 9.69 Å². The van der Waals surface area contributed by atoms with E-state index >= 15 is 0 Å². The molecule has 0 spiro atoms. The first-order chi connectivity index (χ1) is 11.7. The van der Waals surface area contributed by atoms with Gasteiger partial charge in [0.2, 0.25) is 5.91 Å². The minimum atomic E-state index is -0.283. The molecule has 2 N–H and O–H groups in total. The lowest BCUT2D eigenvalue weighted by molar-refractivity contribution is -0.122. The summed E-state index contributed by atoms with van der Waals surface area (Å²) >= 11 is 0. The molecule has 1 aromatic carbocycles. The van der Waals surface area contributed by atoms with Crippen LogP contribution in [0.15, 0.2) is 30.3 Å². The van der Waals surface area contributed by atoms with Gasteiger partial charge in [0.15, 0.2) is 0 Å². The van der Waals surface area contributed by atoms with Crippen molar-refractivity contribution in [3.63, 3.8) is 0 Å². The molecule has 0 aromatic heterocycles. The van der Waals surface area contributed by atoms with Crippen molar-refractivity contribution >= 4 is 5.91 Å². The Morgan fingerprint density at radius 1 is 1.17 bits per heavy atom. The predicted molar refractivity (Wildman–Crippen MR) is 95.5 cm³/mol. The fourth-order valence-corrected chi connectivity index (χ4v) is 4.14. The van der Waals surface area contributed by atoms with Crippen LogP contribution in [0.3, 0.4) is 0 Å². The number of aliphatic hydroxyl groups is 1. The molecule has 0 radical (unpaired) electrons. The van der Waals surface area contributed by atoms with Crippen molar-refractivity contribution in [2.45, 2.75) is 63.6 Å². The van der Waals surface area contributed by atoms with Crippen LogP contribution in [0.1, 0.15) is 50.5 Å². The maximum Gasteiger partial charge on any atom is 0.220 e. The molecule has 1 heterocycles. The Morgan fingerprint density at radius 2 is 1.92 bits per heavy atom. The molecular formula is C20H30N2O2. The lowest BCUT2D eigenvalue weighted by Gasteiger charge is -2.25. The number of carbonyl (C=O) groups is 1. The Bertz CT molecular complexity index is 514. The molecule has 2 atom stereocenters. The van der Waals surface area contributed by atoms with Gasteiger partial charge in [-0.2, -0.15) is 0 Å². The molecule has 0 bridgehead atoms. The van der Waals surface area contributed by atoms with Gasteiger partial charge >= 0.3 is 0 Å². The van der Waals surface area contributed by atoms with Crippen LogP contribution in [0.2, 0.25) is 0 Å². The summed E-state index contributed by atoms with van der Waals surface area (Å²) in [5.74, 6) is 0.760. The van der Waals surface area contributed by atoms with Crippen molar-refractivity contribution in [3.05, 3.63) is 35.9 Å². The maximum absolute atomic E-state index is 12.2. The zero-order valence-electron chi connectivity index (χ0n) is 14.5. The first-order valence-electron chi connectivity index (χ1n) is 9.43. The molecule has 1 amide bonds. The fourth-order valence-electron chi connectivity index (χ4n) is 4.14. The highest BCUT2D eigenvalue weighted by Gasteiger charge is 2.31. The van der Waals surface area contributed by atoms with Crippen molar-refractivity contribution in [3.8, 4) is 0 Å². The molecule has 4 nitrogen and oxygen atoms in total. The lowest BCUT2D eigenvalue weighted by Crippen LogP contribution is -2.40. The zero-order valence-corrected chi connectivity index (χ0v) is 14.5. The van der Waals surface area contributed by atoms with E-state index in [-0.39, 0.29) is 18.1 Å². The Kier molecular flexibility index (Phi) is 6.27. The summed E-state index contributed by atoms with van der Waals surface area (Å²) in [6.45, 7) is 2.18. The van der Waals surface area contributed by atoms with Gasteiger partial charge in [0, 0.05) is 32.1 Å². The van der Waals surface area contributed by atoms with Gasteiger partial charge in [-0.1, -0.05) is 49.6 Å². The minimum Gasteiger partial charge on any atom is -0.392 e. The first kappa shape index (κ1) is 17.4. The standard InChI is InChI=1S/C20H30N2O2/c23-19-12-18(22(15-19)14-17-9-5-2-6-10-17)13-21-20(24)11-16-7-3-1-4-8-16/h2,5-6,9-10,16,18-19,23H,1,3-4,7-8,11-15H2,(H,21,24). The molecule has 1 aliphatic carbocycles. The number of likely N-dealkylation sites (tertiary alicyclic amines) is 1. The third kappa shape index (κ3) is 5.05. The van der Waals surface area contributed by atoms with E-state index < -0.39 is 0 Å². The first-order valence-corrected chi connectivity index (χ1v) is 9.43. The second-order valence-corrected chi connectivity index (χ2v) is 7.47. The van der Waals surface area contributed by atoms with Gasteiger partial charge in [-0.05, 0) is 30.7 Å². The number of nitrogens with zero attached hydrogens (tertiary/aromatic N) is 1. The summed E-state index contributed by atoms with van der Waals surface area (Å²) in [6, 6.07) is 10.6. The van der Waals surface area contributed by atoms with Gasteiger partial charge in [0.25, 0.3) is 0 Å². The molecular weight excluding hydrogens is 300 g/mol. The minimum absolute atomic E-state index is 0.183. The smallest absolute Gasteiger partial charge is 0.220 e. The number of nitrogens with one attached hydrogen (secondary N) is 1. The molecule has 24 heavy (non-hydrogen) atoms. The highest BCUT2D eigenvalue weighted by atomic mass is 16.3. The van der Waals surface area contributed by atoms with E-state index in [0.29, 0.717) is 25.4 Å². The summed E-state index contributed by atoms with van der Waals surface area (Å²) in [5.41, 5.74) is 1.25. The monoisotopic (exact) mass is 330 g/mol. The number of hydrogen-bond acceptors (Lipinski definition) is 3. The Labute approximate surface area is 145 Å². The molecule has 1 saturated heterocycles. The van der Waals surface area contributed by atoms with Crippen molar-refractivity contribution in [2.24, 2.45) is 5.92 Å². The fraction of sp³-hybridized carbons (Fsp3) is 0.650. The number of hydrogen-bond donors (Lipinski definition) is 2. The molecule has 2 fully saturated rings. The summed E-state index contributed by atoms with van der Waals surface area (Å²) < 4.78 is 0. The topological polar surface area (TPSA) is 52.6 Å². The average molecular weight is 330 g/mol. The third-order valence-corrected chi connectivity index (χ3v) is 5.47. The van der Waals surface area contributed by atoms with Crippen LogP contribution in [0, 0.1) is 5.92 Å². The molecule has 1 saturated carbocycles. The van der Waals surface area contributed by atoms with Gasteiger partial charge in [-0.15, -0.1) is 0 Å². The number of rotatable bonds is 6. The molecule has 4 heteroatoms. The van der Waals surface area contributed by atoms with Crippen molar-refractivity contribution in [2.75, 3.05) is 13.1 Å². The molecule has 132 valence electrons. The van der Waals surface area contributed by atoms with E-state index in [9.17, 15) is 9.90 Å². The van der Waals surface area contributed by atoms with E-state index in [1.54, 1.807) is 0 Å². The number of amides is 1. The van der Waals surface area contributed by atoms with Crippen LogP contribution in [0.4, 0.5) is 0 Å². The van der Waals surface area contributed by atoms with E-state index in [2.05, 4.69) is 22.3 Å². The highest BCUT2D eigenvalue weighted by molar-refractivity contribution is 5.76. The molecule has 2 aliphatic rings. The molecule has 1 aromatic rings. The highest BCUT2D eigenvalue weighted by Crippen LogP contribution is 2.26. The lowest BCUT2D eigenvalue weighted by atomic mass is 9.87. The molecule has 2 unspecified atom stereocenters. The second-order valence-electron chi connectivity index (χ2n) is 7.47. The van der Waals surface area contributed by atoms with Crippen LogP contribution in [-0.2, 0) is 11.3 Å². The van der Waals surface area contributed by atoms with E-state index in [1.165, 1.54) is 37.7 Å². The van der Waals surface area contributed by atoms with Gasteiger partial charge in [0.1, 0.15) is 0 Å². The van der Waals surface area contributed by atoms with Gasteiger partial charge in [-0.25, -0.2) is 0 Å². The SMILES string of the molecule is O=C(CC1CCCCC1)NCC1CC(O)CN1Cc1ccccc1. The van der Waals surface area contributed by atoms with Crippen LogP contribution in [0.25, 0.3) is 0 Å². The zero-order chi connectivity index (χ0) is 16.8. The summed E-state index contributed by atoms with van der Waals surface area (Å²) in [4.78, 5) is 14.5. The summed E-state index contributed by atoms with van der Waals surface area (Å²) in [7, 11) is 0. The average Bonchev–Trinajstić information content (AvgIpc) is 2.94. The van der Waals surface area contributed by atoms with Crippen LogP contribution in [0.5, 0.6) is 0 Å². The Morgan fingerprint density at radius 3 is 2.67 bits per heavy atom. The van der Waals surface area contributed by atoms with Gasteiger partial charge < -0.3 is 10.4 Å². The van der Waals surface area contributed by atoms with Crippen LogP contribution < -0.4 is 5.32 Å². The molecule has 1 aliphatic heterocycles. The normalized spacial score (nSPS) is 25.7. The van der Waals surface area contributed by atoms with E-state index in [4.69, 9.17) is 0 Å². The largest absolute Gasteiger partial charge is 0.392 e. The Balaban J connectivity index is 1.46.